The van der Waals surface area contributed by atoms with Gasteiger partial charge in [-0.05, 0) is 39.2 Å². The molecule has 21 heavy (non-hydrogen) atoms. The van der Waals surface area contributed by atoms with E-state index in [1.54, 1.807) is 29.9 Å². The van der Waals surface area contributed by atoms with Gasteiger partial charge in [-0.2, -0.15) is 9.40 Å². The molecule has 0 aromatic carbocycles. The summed E-state index contributed by atoms with van der Waals surface area (Å²) >= 11 is 0. The van der Waals surface area contributed by atoms with Crippen LogP contribution in [0.4, 0.5) is 0 Å². The number of nitrogens with zero attached hydrogens (tertiary/aromatic N) is 3. The fourth-order valence-corrected chi connectivity index (χ4v) is 5.63. The monoisotopic (exact) mass is 314 g/mol. The summed E-state index contributed by atoms with van der Waals surface area (Å²) in [6, 6.07) is 0.0176. The lowest BCUT2D eigenvalue weighted by Crippen LogP contribution is -2.44. The van der Waals surface area contributed by atoms with Gasteiger partial charge in [0.2, 0.25) is 10.0 Å². The van der Waals surface area contributed by atoms with Crippen molar-refractivity contribution >= 4 is 10.0 Å². The summed E-state index contributed by atoms with van der Waals surface area (Å²) in [6.45, 7) is 6.46. The fraction of sp³-hybridized carbons (Fsp3) is 0.786. The van der Waals surface area contributed by atoms with Gasteiger partial charge in [-0.15, -0.1) is 0 Å². The highest BCUT2D eigenvalue weighted by Gasteiger charge is 2.39. The van der Waals surface area contributed by atoms with Crippen LogP contribution in [0, 0.1) is 19.8 Å². The quantitative estimate of drug-likeness (QED) is 0.884. The molecule has 0 spiro atoms. The first-order valence-corrected chi connectivity index (χ1v) is 9.00. The number of nitrogens with two attached hydrogens (primary N) is 1. The molecule has 7 heteroatoms. The maximum absolute atomic E-state index is 13.1. The van der Waals surface area contributed by atoms with Crippen molar-refractivity contribution in [2.24, 2.45) is 18.7 Å². The standard InChI is InChI=1S/C14H26N4O2S/c1-5-18(13-8-6-7-12(13)9-15)21(19,20)14-10(2)16-17(4)11(14)3/h12-13H,5-9,15H2,1-4H3. The maximum Gasteiger partial charge on any atom is 0.246 e. The zero-order chi connectivity index (χ0) is 15.8. The minimum absolute atomic E-state index is 0.0176. The first kappa shape index (κ1) is 16.5. The minimum Gasteiger partial charge on any atom is -0.330 e. The van der Waals surface area contributed by atoms with Gasteiger partial charge in [0.1, 0.15) is 4.90 Å². The lowest BCUT2D eigenvalue weighted by atomic mass is 10.0. The van der Waals surface area contributed by atoms with E-state index in [1.807, 2.05) is 6.92 Å². The number of hydrogen-bond acceptors (Lipinski definition) is 4. The van der Waals surface area contributed by atoms with E-state index in [0.29, 0.717) is 29.4 Å². The normalized spacial score (nSPS) is 23.1. The zero-order valence-corrected chi connectivity index (χ0v) is 14.2. The Balaban J connectivity index is 2.45. The van der Waals surface area contributed by atoms with E-state index >= 15 is 0 Å². The number of aromatic nitrogens is 2. The Kier molecular flexibility index (Phi) is 4.75. The van der Waals surface area contributed by atoms with Crippen molar-refractivity contribution < 1.29 is 8.42 Å². The molecule has 2 rings (SSSR count). The molecule has 0 bridgehead atoms. The number of rotatable bonds is 5. The van der Waals surface area contributed by atoms with Crippen LogP contribution >= 0.6 is 0 Å². The zero-order valence-electron chi connectivity index (χ0n) is 13.3. The Morgan fingerprint density at radius 2 is 2.05 bits per heavy atom. The molecule has 1 fully saturated rings. The van der Waals surface area contributed by atoms with Gasteiger partial charge in [0.05, 0.1) is 11.4 Å². The molecule has 1 saturated carbocycles. The molecule has 120 valence electrons. The molecule has 1 aliphatic rings. The van der Waals surface area contributed by atoms with Crippen LogP contribution in [0.3, 0.4) is 0 Å². The Labute approximate surface area is 127 Å². The maximum atomic E-state index is 13.1. The van der Waals surface area contributed by atoms with Crippen LogP contribution in [-0.4, -0.2) is 41.6 Å². The molecule has 2 unspecified atom stereocenters. The van der Waals surface area contributed by atoms with E-state index in [2.05, 4.69) is 5.10 Å². The largest absolute Gasteiger partial charge is 0.330 e. The average Bonchev–Trinajstić information content (AvgIpc) is 2.96. The second-order valence-electron chi connectivity index (χ2n) is 5.83. The first-order chi connectivity index (χ1) is 9.84. The van der Waals surface area contributed by atoms with E-state index in [0.717, 1.165) is 19.3 Å². The Morgan fingerprint density at radius 1 is 1.38 bits per heavy atom. The number of aryl methyl sites for hydroxylation is 2. The molecule has 1 aromatic heterocycles. The van der Waals surface area contributed by atoms with Crippen LogP contribution in [0.1, 0.15) is 37.6 Å². The summed E-state index contributed by atoms with van der Waals surface area (Å²) in [5, 5.41) is 4.25. The van der Waals surface area contributed by atoms with Gasteiger partial charge in [0.15, 0.2) is 0 Å². The SMILES string of the molecule is CCN(C1CCCC1CN)S(=O)(=O)c1c(C)nn(C)c1C. The van der Waals surface area contributed by atoms with E-state index in [4.69, 9.17) is 5.73 Å². The van der Waals surface area contributed by atoms with Crippen LogP contribution < -0.4 is 5.73 Å². The second kappa shape index (κ2) is 6.06. The third-order valence-electron chi connectivity index (χ3n) is 4.61. The third-order valence-corrected chi connectivity index (χ3v) is 6.87. The molecular weight excluding hydrogens is 288 g/mol. The van der Waals surface area contributed by atoms with Crippen molar-refractivity contribution in [1.82, 2.24) is 14.1 Å². The van der Waals surface area contributed by atoms with E-state index in [1.165, 1.54) is 0 Å². The summed E-state index contributed by atoms with van der Waals surface area (Å²) in [4.78, 5) is 0.356. The van der Waals surface area contributed by atoms with Crippen molar-refractivity contribution in [2.45, 2.75) is 51.0 Å². The number of sulfonamides is 1. The van der Waals surface area contributed by atoms with E-state index in [-0.39, 0.29) is 12.0 Å². The van der Waals surface area contributed by atoms with Gasteiger partial charge in [0, 0.05) is 19.6 Å². The molecule has 0 saturated heterocycles. The van der Waals surface area contributed by atoms with Gasteiger partial charge in [-0.25, -0.2) is 8.42 Å². The molecule has 0 aliphatic heterocycles. The summed E-state index contributed by atoms with van der Waals surface area (Å²) in [5.74, 6) is 0.261. The lowest BCUT2D eigenvalue weighted by molar-refractivity contribution is 0.276. The molecular formula is C14H26N4O2S. The minimum atomic E-state index is -3.52. The Morgan fingerprint density at radius 3 is 2.52 bits per heavy atom. The van der Waals surface area contributed by atoms with Crippen LogP contribution in [0.2, 0.25) is 0 Å². The number of hydrogen-bond donors (Lipinski definition) is 1. The summed E-state index contributed by atoms with van der Waals surface area (Å²) in [5.41, 5.74) is 7.08. The Bertz CT molecular complexity index is 609. The van der Waals surface area contributed by atoms with Crippen molar-refractivity contribution in [1.29, 1.82) is 0 Å². The molecule has 0 radical (unpaired) electrons. The third kappa shape index (κ3) is 2.74. The lowest BCUT2D eigenvalue weighted by Gasteiger charge is -2.31. The summed E-state index contributed by atoms with van der Waals surface area (Å²) < 4.78 is 29.5. The predicted molar refractivity (Wildman–Crippen MR) is 82.4 cm³/mol. The van der Waals surface area contributed by atoms with Gasteiger partial charge in [-0.3, -0.25) is 4.68 Å². The molecule has 2 atom stereocenters. The Hall–Kier alpha value is -0.920. The van der Waals surface area contributed by atoms with Gasteiger partial charge in [-0.1, -0.05) is 13.3 Å². The first-order valence-electron chi connectivity index (χ1n) is 7.56. The smallest absolute Gasteiger partial charge is 0.246 e. The highest BCUT2D eigenvalue weighted by molar-refractivity contribution is 7.89. The molecule has 1 heterocycles. The fourth-order valence-electron chi connectivity index (χ4n) is 3.50. The second-order valence-corrected chi connectivity index (χ2v) is 7.65. The van der Waals surface area contributed by atoms with Crippen LogP contribution in [0.25, 0.3) is 0 Å². The van der Waals surface area contributed by atoms with E-state index in [9.17, 15) is 8.42 Å². The molecule has 6 nitrogen and oxygen atoms in total. The highest BCUT2D eigenvalue weighted by atomic mass is 32.2. The van der Waals surface area contributed by atoms with Crippen molar-refractivity contribution in [3.63, 3.8) is 0 Å². The summed E-state index contributed by atoms with van der Waals surface area (Å²) in [6.07, 6.45) is 2.95. The highest BCUT2D eigenvalue weighted by Crippen LogP contribution is 2.34. The predicted octanol–water partition coefficient (Wildman–Crippen LogP) is 1.17. The van der Waals surface area contributed by atoms with Gasteiger partial charge in [0.25, 0.3) is 0 Å². The van der Waals surface area contributed by atoms with Crippen LogP contribution in [0.15, 0.2) is 4.90 Å². The van der Waals surface area contributed by atoms with Gasteiger partial charge < -0.3 is 5.73 Å². The van der Waals surface area contributed by atoms with Crippen molar-refractivity contribution in [3.05, 3.63) is 11.4 Å². The van der Waals surface area contributed by atoms with Crippen molar-refractivity contribution in [3.8, 4) is 0 Å². The molecule has 1 aliphatic carbocycles. The molecule has 0 amide bonds. The average molecular weight is 314 g/mol. The van der Waals surface area contributed by atoms with Crippen LogP contribution in [0.5, 0.6) is 0 Å². The molecule has 1 aromatic rings. The molecule has 2 N–H and O–H groups in total. The topological polar surface area (TPSA) is 81.2 Å². The van der Waals surface area contributed by atoms with Gasteiger partial charge >= 0.3 is 0 Å². The summed E-state index contributed by atoms with van der Waals surface area (Å²) in [7, 11) is -1.75. The van der Waals surface area contributed by atoms with Crippen LogP contribution in [-0.2, 0) is 17.1 Å². The van der Waals surface area contributed by atoms with Crippen molar-refractivity contribution in [2.75, 3.05) is 13.1 Å². The van der Waals surface area contributed by atoms with E-state index < -0.39 is 10.0 Å².